The van der Waals surface area contributed by atoms with Gasteiger partial charge in [0.05, 0.1) is 34.4 Å². The number of hydrogen-bond donors (Lipinski definition) is 3. The maximum atomic E-state index is 13.1. The van der Waals surface area contributed by atoms with Gasteiger partial charge in [-0.15, -0.1) is 5.11 Å². The van der Waals surface area contributed by atoms with E-state index >= 15 is 0 Å². The molecule has 0 spiro atoms. The van der Waals surface area contributed by atoms with Gasteiger partial charge in [-0.25, -0.2) is 0 Å². The molecule has 0 aliphatic heterocycles. The quantitative estimate of drug-likeness (QED) is 0.0589. The van der Waals surface area contributed by atoms with Crippen LogP contribution in [0.5, 0.6) is 11.5 Å². The van der Waals surface area contributed by atoms with Crippen molar-refractivity contribution in [3.05, 3.63) is 90.5 Å². The number of anilines is 1. The van der Waals surface area contributed by atoms with E-state index in [4.69, 9.17) is 5.73 Å². The summed E-state index contributed by atoms with van der Waals surface area (Å²) in [6.45, 7) is 0. The molecule has 0 bridgehead atoms. The summed E-state index contributed by atoms with van der Waals surface area (Å²) in [7, 11) is -9.84. The van der Waals surface area contributed by atoms with Crippen molar-refractivity contribution in [1.29, 1.82) is 0 Å². The number of carbonyl (C=O) groups excluding carboxylic acids is 1. The van der Waals surface area contributed by atoms with E-state index in [2.05, 4.69) is 20.5 Å². The van der Waals surface area contributed by atoms with Crippen LogP contribution in [0.4, 0.5) is 28.4 Å². The number of nitrogens with zero attached hydrogens (tertiary/aromatic N) is 4. The van der Waals surface area contributed by atoms with E-state index in [0.29, 0.717) is 5.69 Å². The molecule has 5 aromatic rings. The molecule has 20 heteroatoms. The monoisotopic (exact) mass is 729 g/mol. The summed E-state index contributed by atoms with van der Waals surface area (Å²) in [5, 5.41) is 50.9. The second kappa shape index (κ2) is 17.0. The molecule has 0 aliphatic carbocycles. The van der Waals surface area contributed by atoms with Gasteiger partial charge in [-0.3, -0.25) is 9.11 Å². The second-order valence-corrected chi connectivity index (χ2v) is 12.4. The number of fused-ring (bicyclic) bond motifs is 1. The molecule has 5 rings (SSSR count). The van der Waals surface area contributed by atoms with Gasteiger partial charge in [-0.05, 0) is 82.1 Å². The molecule has 4 N–H and O–H groups in total. The van der Waals surface area contributed by atoms with Crippen LogP contribution >= 0.6 is 0 Å². The number of carboxylic acids is 1. The van der Waals surface area contributed by atoms with Crippen molar-refractivity contribution in [2.75, 3.05) is 5.73 Å². The molecule has 15 nitrogen and oxygen atoms in total. The number of hydrogen-bond acceptors (Lipinski definition) is 13. The van der Waals surface area contributed by atoms with Crippen LogP contribution < -0.4 is 110 Å². The number of benzene rings is 5. The molecule has 0 atom stereocenters. The van der Waals surface area contributed by atoms with Gasteiger partial charge in [0.25, 0.3) is 20.2 Å². The van der Waals surface area contributed by atoms with Crippen LogP contribution in [-0.4, -0.2) is 31.9 Å². The van der Waals surface area contributed by atoms with E-state index in [1.165, 1.54) is 18.2 Å². The first-order valence-electron chi connectivity index (χ1n) is 12.7. The Kier molecular flexibility index (Phi) is 14.7. The van der Waals surface area contributed by atoms with Gasteiger partial charge in [0, 0.05) is 0 Å². The summed E-state index contributed by atoms with van der Waals surface area (Å²) in [6.07, 6.45) is 0. The molecular weight excluding hydrogens is 711 g/mol. The summed E-state index contributed by atoms with van der Waals surface area (Å²) in [5.41, 5.74) is 6.20. The van der Waals surface area contributed by atoms with Crippen LogP contribution in [0.3, 0.4) is 0 Å². The molecular formula is C29H18N5Na3O10S2. The van der Waals surface area contributed by atoms with Crippen molar-refractivity contribution in [2.24, 2.45) is 20.5 Å². The van der Waals surface area contributed by atoms with Gasteiger partial charge in [0.15, 0.2) is 0 Å². The standard InChI is InChI=1S/C29H21N5O10S2.3Na/c30-23-14-21-17(11-25(23)45(39,40)41)12-26(46(42,43)44)27(28(21)36)34-32-19-7-3-16(4-8-19)15-1-5-18(6-2-15)31-33-20-9-10-24(35)22(13-20)29(37)38;;;/h1-14,35-36H,30H2,(H,37,38)(H,39,40,41)(H,42,43,44);;;/q;3*+1/p-3. The second-order valence-electron chi connectivity index (χ2n) is 9.58. The van der Waals surface area contributed by atoms with Crippen LogP contribution in [0.15, 0.2) is 115 Å². The molecule has 0 aliphatic rings. The van der Waals surface area contributed by atoms with Crippen molar-refractivity contribution in [3.8, 4) is 22.6 Å². The van der Waals surface area contributed by atoms with E-state index < -0.39 is 64.4 Å². The fraction of sp³-hybridized carbons (Fsp3) is 0. The molecule has 0 amide bonds. The van der Waals surface area contributed by atoms with Gasteiger partial charge in [0.1, 0.15) is 9.79 Å². The Morgan fingerprint density at radius 2 is 1.08 bits per heavy atom. The van der Waals surface area contributed by atoms with E-state index in [1.807, 2.05) is 0 Å². The van der Waals surface area contributed by atoms with E-state index in [1.54, 1.807) is 36.4 Å². The van der Waals surface area contributed by atoms with Gasteiger partial charge >= 0.3 is 88.7 Å². The Morgan fingerprint density at radius 3 is 1.57 bits per heavy atom. The molecule has 0 radical (unpaired) electrons. The number of carboxylic acid groups (broad SMARTS) is 1. The van der Waals surface area contributed by atoms with Gasteiger partial charge in [-0.1, -0.05) is 41.8 Å². The van der Waals surface area contributed by atoms with Gasteiger partial charge in [-0.2, -0.15) is 32.2 Å². The zero-order valence-electron chi connectivity index (χ0n) is 25.9. The number of rotatable bonds is 8. The van der Waals surface area contributed by atoms with Crippen LogP contribution in [0.25, 0.3) is 21.9 Å². The predicted molar refractivity (Wildman–Crippen MR) is 158 cm³/mol. The van der Waals surface area contributed by atoms with Gasteiger partial charge < -0.3 is 25.8 Å². The Balaban J connectivity index is 0.00000278. The molecule has 234 valence electrons. The van der Waals surface area contributed by atoms with Crippen LogP contribution in [0.2, 0.25) is 0 Å². The summed E-state index contributed by atoms with van der Waals surface area (Å²) >= 11 is 0. The molecule has 5 aromatic carbocycles. The Bertz CT molecular complexity index is 2320. The minimum absolute atomic E-state index is 0. The Hall–Kier alpha value is -2.75. The molecule has 0 saturated carbocycles. The molecule has 0 saturated heterocycles. The first kappa shape index (κ1) is 42.4. The summed E-state index contributed by atoms with van der Waals surface area (Å²) in [6, 6.07) is 19.1. The van der Waals surface area contributed by atoms with Crippen molar-refractivity contribution in [3.63, 3.8) is 0 Å². The number of aromatic carboxylic acids is 1. The van der Waals surface area contributed by atoms with Crippen molar-refractivity contribution in [1.82, 2.24) is 0 Å². The average molecular weight is 730 g/mol. The largest absolute Gasteiger partial charge is 1.00 e. The fourth-order valence-corrected chi connectivity index (χ4v) is 5.58. The number of azo groups is 2. The molecule has 0 aromatic heterocycles. The average Bonchev–Trinajstić information content (AvgIpc) is 2.99. The maximum Gasteiger partial charge on any atom is 1.00 e. The van der Waals surface area contributed by atoms with Crippen molar-refractivity contribution >= 4 is 65.4 Å². The van der Waals surface area contributed by atoms with Crippen LogP contribution in [0, 0.1) is 0 Å². The predicted octanol–water partition coefficient (Wildman–Crippen LogP) is -5.06. The normalized spacial score (nSPS) is 11.6. The van der Waals surface area contributed by atoms with Crippen LogP contribution in [-0.2, 0) is 20.2 Å². The zero-order valence-corrected chi connectivity index (χ0v) is 33.6. The molecule has 49 heavy (non-hydrogen) atoms. The minimum atomic E-state index is -5.03. The zero-order chi connectivity index (χ0) is 33.4. The van der Waals surface area contributed by atoms with E-state index in [0.717, 1.165) is 41.5 Å². The Labute approximate surface area is 345 Å². The Morgan fingerprint density at radius 1 is 0.633 bits per heavy atom. The summed E-state index contributed by atoms with van der Waals surface area (Å²) in [5.74, 6) is -3.33. The first-order valence-corrected chi connectivity index (χ1v) is 15.6. The minimum Gasteiger partial charge on any atom is -0.872 e. The summed E-state index contributed by atoms with van der Waals surface area (Å²) in [4.78, 5) is 9.34. The topological polar surface area (TPSA) is 270 Å². The van der Waals surface area contributed by atoms with E-state index in [9.17, 15) is 46.1 Å². The van der Waals surface area contributed by atoms with Crippen molar-refractivity contribution in [2.45, 2.75) is 9.79 Å². The molecule has 0 fully saturated rings. The SMILES string of the molecule is Nc1cc2c([O-])c(N=Nc3ccc(-c4ccc(N=Nc5ccc([O-])c(C(=O)[O-])c5)cc4)cc3)c(S(=O)(=O)O)cc2cc1S(=O)(=O)O.[Na+].[Na+].[Na+]. The third-order valence-electron chi connectivity index (χ3n) is 6.51. The smallest absolute Gasteiger partial charge is 0.872 e. The number of carbonyl (C=O) groups is 1. The fourth-order valence-electron chi connectivity index (χ4n) is 4.30. The molecule has 0 heterocycles. The van der Waals surface area contributed by atoms with Crippen LogP contribution in [0.1, 0.15) is 10.4 Å². The third-order valence-corrected chi connectivity index (χ3v) is 8.29. The van der Waals surface area contributed by atoms with Crippen molar-refractivity contribution < 1.29 is 135 Å². The maximum absolute atomic E-state index is 13.1. The number of nitrogens with two attached hydrogens (primary N) is 1. The molecule has 0 unspecified atom stereocenters. The van der Waals surface area contributed by atoms with Gasteiger partial charge in [0.2, 0.25) is 0 Å². The summed E-state index contributed by atoms with van der Waals surface area (Å²) < 4.78 is 66.4. The van der Waals surface area contributed by atoms with E-state index in [-0.39, 0.29) is 111 Å². The number of nitrogen functional groups attached to an aromatic ring is 1. The first-order chi connectivity index (χ1) is 21.6. The third kappa shape index (κ3) is 9.95.